The Morgan fingerprint density at radius 3 is 2.43 bits per heavy atom. The zero-order valence-electron chi connectivity index (χ0n) is 14.1. The topological polar surface area (TPSA) is 47.6 Å². The van der Waals surface area contributed by atoms with Crippen LogP contribution in [0.15, 0.2) is 42.5 Å². The maximum atomic E-state index is 12.5. The molecule has 0 saturated carbocycles. The number of hydrogen-bond donors (Lipinski definition) is 1. The number of para-hydroxylation sites is 1. The van der Waals surface area contributed by atoms with Crippen LogP contribution < -0.4 is 14.8 Å². The molecular weight excluding hydrogens is 290 g/mol. The van der Waals surface area contributed by atoms with Crippen LogP contribution >= 0.6 is 0 Å². The van der Waals surface area contributed by atoms with Gasteiger partial charge in [-0.1, -0.05) is 32.0 Å². The molecule has 0 aliphatic carbocycles. The second-order valence-electron chi connectivity index (χ2n) is 5.42. The van der Waals surface area contributed by atoms with Gasteiger partial charge in [0, 0.05) is 11.3 Å². The summed E-state index contributed by atoms with van der Waals surface area (Å²) < 4.78 is 10.4. The SMILES string of the molecule is CCC(C)c1ccccc1NC(=O)c1ccc(OC)c(OC)c1. The molecule has 1 unspecified atom stereocenters. The van der Waals surface area contributed by atoms with Gasteiger partial charge in [-0.25, -0.2) is 0 Å². The van der Waals surface area contributed by atoms with Crippen LogP contribution in [0, 0.1) is 0 Å². The van der Waals surface area contributed by atoms with Crippen molar-refractivity contribution in [1.82, 2.24) is 0 Å². The Bertz CT molecular complexity index is 682. The molecule has 0 aliphatic rings. The number of nitrogens with one attached hydrogen (secondary N) is 1. The van der Waals surface area contributed by atoms with E-state index in [0.29, 0.717) is 23.0 Å². The van der Waals surface area contributed by atoms with E-state index >= 15 is 0 Å². The fraction of sp³-hybridized carbons (Fsp3) is 0.316. The van der Waals surface area contributed by atoms with Gasteiger partial charge in [-0.3, -0.25) is 4.79 Å². The molecule has 0 fully saturated rings. The summed E-state index contributed by atoms with van der Waals surface area (Å²) >= 11 is 0. The Morgan fingerprint density at radius 1 is 1.09 bits per heavy atom. The van der Waals surface area contributed by atoms with E-state index in [1.165, 1.54) is 0 Å². The van der Waals surface area contributed by atoms with Gasteiger partial charge < -0.3 is 14.8 Å². The van der Waals surface area contributed by atoms with Gasteiger partial charge >= 0.3 is 0 Å². The average Bonchev–Trinajstić information content (AvgIpc) is 2.60. The molecule has 0 radical (unpaired) electrons. The molecule has 4 nitrogen and oxygen atoms in total. The molecule has 23 heavy (non-hydrogen) atoms. The average molecular weight is 313 g/mol. The van der Waals surface area contributed by atoms with Crippen LogP contribution in [0.2, 0.25) is 0 Å². The zero-order chi connectivity index (χ0) is 16.8. The Balaban J connectivity index is 2.26. The molecule has 0 aliphatic heterocycles. The molecule has 1 amide bonds. The lowest BCUT2D eigenvalue weighted by molar-refractivity contribution is 0.102. The summed E-state index contributed by atoms with van der Waals surface area (Å²) in [6.07, 6.45) is 1.02. The monoisotopic (exact) mass is 313 g/mol. The normalized spacial score (nSPS) is 11.7. The predicted molar refractivity (Wildman–Crippen MR) is 92.6 cm³/mol. The highest BCUT2D eigenvalue weighted by atomic mass is 16.5. The van der Waals surface area contributed by atoms with Crippen molar-refractivity contribution in [2.75, 3.05) is 19.5 Å². The van der Waals surface area contributed by atoms with E-state index in [-0.39, 0.29) is 5.91 Å². The third kappa shape index (κ3) is 3.83. The van der Waals surface area contributed by atoms with Crippen molar-refractivity contribution in [2.45, 2.75) is 26.2 Å². The van der Waals surface area contributed by atoms with E-state index in [1.807, 2.05) is 18.2 Å². The second-order valence-corrected chi connectivity index (χ2v) is 5.42. The van der Waals surface area contributed by atoms with Crippen molar-refractivity contribution >= 4 is 11.6 Å². The van der Waals surface area contributed by atoms with E-state index in [4.69, 9.17) is 9.47 Å². The Hall–Kier alpha value is -2.49. The second kappa shape index (κ2) is 7.68. The van der Waals surface area contributed by atoms with Crippen molar-refractivity contribution in [3.8, 4) is 11.5 Å². The van der Waals surface area contributed by atoms with Gasteiger partial charge in [0.15, 0.2) is 11.5 Å². The number of carbonyl (C=O) groups is 1. The van der Waals surface area contributed by atoms with E-state index < -0.39 is 0 Å². The number of rotatable bonds is 6. The summed E-state index contributed by atoms with van der Waals surface area (Å²) in [5.74, 6) is 1.36. The first-order chi connectivity index (χ1) is 11.1. The molecule has 2 aromatic carbocycles. The minimum absolute atomic E-state index is 0.165. The van der Waals surface area contributed by atoms with Crippen LogP contribution in [0.4, 0.5) is 5.69 Å². The Kier molecular flexibility index (Phi) is 5.63. The first-order valence-corrected chi connectivity index (χ1v) is 7.73. The lowest BCUT2D eigenvalue weighted by atomic mass is 9.97. The van der Waals surface area contributed by atoms with Crippen LogP contribution in [-0.4, -0.2) is 20.1 Å². The molecule has 0 aromatic heterocycles. The van der Waals surface area contributed by atoms with E-state index in [2.05, 4.69) is 25.2 Å². The van der Waals surface area contributed by atoms with E-state index in [0.717, 1.165) is 17.7 Å². The smallest absolute Gasteiger partial charge is 0.255 e. The van der Waals surface area contributed by atoms with Crippen molar-refractivity contribution in [3.63, 3.8) is 0 Å². The van der Waals surface area contributed by atoms with Gasteiger partial charge in [0.1, 0.15) is 0 Å². The summed E-state index contributed by atoms with van der Waals surface area (Å²) in [6, 6.07) is 13.0. The summed E-state index contributed by atoms with van der Waals surface area (Å²) in [6.45, 7) is 4.29. The van der Waals surface area contributed by atoms with Crippen LogP contribution in [0.3, 0.4) is 0 Å². The number of amides is 1. The minimum Gasteiger partial charge on any atom is -0.493 e. The highest BCUT2D eigenvalue weighted by molar-refractivity contribution is 6.05. The van der Waals surface area contributed by atoms with Crippen molar-refractivity contribution in [1.29, 1.82) is 0 Å². The highest BCUT2D eigenvalue weighted by Crippen LogP contribution is 2.29. The molecule has 0 bridgehead atoms. The van der Waals surface area contributed by atoms with Crippen LogP contribution in [0.5, 0.6) is 11.5 Å². The predicted octanol–water partition coefficient (Wildman–Crippen LogP) is 4.47. The van der Waals surface area contributed by atoms with E-state index in [1.54, 1.807) is 32.4 Å². The molecular formula is C19H23NO3. The molecule has 1 atom stereocenters. The third-order valence-electron chi connectivity index (χ3n) is 4.00. The molecule has 0 saturated heterocycles. The fourth-order valence-corrected chi connectivity index (χ4v) is 2.43. The molecule has 2 aromatic rings. The molecule has 122 valence electrons. The van der Waals surface area contributed by atoms with Gasteiger partial charge in [-0.05, 0) is 42.2 Å². The van der Waals surface area contributed by atoms with Crippen LogP contribution in [0.1, 0.15) is 42.1 Å². The van der Waals surface area contributed by atoms with Gasteiger partial charge in [-0.2, -0.15) is 0 Å². The van der Waals surface area contributed by atoms with Crippen molar-refractivity contribution in [3.05, 3.63) is 53.6 Å². The number of benzene rings is 2. The molecule has 2 rings (SSSR count). The van der Waals surface area contributed by atoms with Gasteiger partial charge in [0.25, 0.3) is 5.91 Å². The summed E-state index contributed by atoms with van der Waals surface area (Å²) in [4.78, 5) is 12.5. The first-order valence-electron chi connectivity index (χ1n) is 7.73. The van der Waals surface area contributed by atoms with Crippen molar-refractivity contribution < 1.29 is 14.3 Å². The lowest BCUT2D eigenvalue weighted by Gasteiger charge is -2.16. The number of hydrogen-bond acceptors (Lipinski definition) is 3. The van der Waals surface area contributed by atoms with Crippen molar-refractivity contribution in [2.24, 2.45) is 0 Å². The van der Waals surface area contributed by atoms with Gasteiger partial charge in [0.05, 0.1) is 14.2 Å². The summed E-state index contributed by atoms with van der Waals surface area (Å²) in [5.41, 5.74) is 2.52. The van der Waals surface area contributed by atoms with Crippen LogP contribution in [0.25, 0.3) is 0 Å². The standard InChI is InChI=1S/C19H23NO3/c1-5-13(2)15-8-6-7-9-16(15)20-19(21)14-10-11-17(22-3)18(12-14)23-4/h6-13H,5H2,1-4H3,(H,20,21). The molecule has 4 heteroatoms. The quantitative estimate of drug-likeness (QED) is 0.856. The number of anilines is 1. The lowest BCUT2D eigenvalue weighted by Crippen LogP contribution is -2.14. The first kappa shape index (κ1) is 16.9. The maximum Gasteiger partial charge on any atom is 0.255 e. The summed E-state index contributed by atoms with van der Waals surface area (Å²) in [5, 5.41) is 3.00. The van der Waals surface area contributed by atoms with E-state index in [9.17, 15) is 4.79 Å². The minimum atomic E-state index is -0.165. The molecule has 0 heterocycles. The summed E-state index contributed by atoms with van der Waals surface area (Å²) in [7, 11) is 3.12. The molecule has 1 N–H and O–H groups in total. The Labute approximate surface area is 137 Å². The third-order valence-corrected chi connectivity index (χ3v) is 4.00. The van der Waals surface area contributed by atoms with Gasteiger partial charge in [-0.15, -0.1) is 0 Å². The number of ether oxygens (including phenoxy) is 2. The maximum absolute atomic E-state index is 12.5. The zero-order valence-corrected chi connectivity index (χ0v) is 14.1. The highest BCUT2D eigenvalue weighted by Gasteiger charge is 2.14. The van der Waals surface area contributed by atoms with Crippen LogP contribution in [-0.2, 0) is 0 Å². The largest absolute Gasteiger partial charge is 0.493 e. The fourth-order valence-electron chi connectivity index (χ4n) is 2.43. The Morgan fingerprint density at radius 2 is 1.78 bits per heavy atom. The number of methoxy groups -OCH3 is 2. The van der Waals surface area contributed by atoms with Gasteiger partial charge in [0.2, 0.25) is 0 Å². The number of carbonyl (C=O) groups excluding carboxylic acids is 1. The molecule has 0 spiro atoms.